The molecule has 0 saturated heterocycles. The monoisotopic (exact) mass is 404 g/mol. The average molecular weight is 404 g/mol. The lowest BCUT2D eigenvalue weighted by Gasteiger charge is -2.04. The van der Waals surface area contributed by atoms with E-state index in [9.17, 15) is 13.2 Å². The largest absolute Gasteiger partial charge is 0.480 e. The Morgan fingerprint density at radius 1 is 1.53 bits per heavy atom. The summed E-state index contributed by atoms with van der Waals surface area (Å²) in [4.78, 5) is 10.7. The van der Waals surface area contributed by atoms with Gasteiger partial charge in [0.05, 0.1) is 18.6 Å². The topological polar surface area (TPSA) is 108 Å². The molecule has 19 heavy (non-hydrogen) atoms. The predicted octanol–water partition coefficient (Wildman–Crippen LogP) is 0.447. The van der Waals surface area contributed by atoms with Crippen LogP contribution in [0.25, 0.3) is 0 Å². The molecule has 0 spiro atoms. The van der Waals surface area contributed by atoms with Gasteiger partial charge in [-0.3, -0.25) is 13.7 Å². The van der Waals surface area contributed by atoms with E-state index in [-0.39, 0.29) is 12.5 Å². The van der Waals surface area contributed by atoms with Crippen LogP contribution in [0, 0.1) is 3.57 Å². The summed E-state index contributed by atoms with van der Waals surface area (Å²) in [5.41, 5.74) is 0.344. The van der Waals surface area contributed by atoms with Crippen molar-refractivity contribution in [1.82, 2.24) is 9.78 Å². The molecule has 0 aliphatic heterocycles. The van der Waals surface area contributed by atoms with Crippen LogP contribution < -0.4 is 4.74 Å². The highest BCUT2D eigenvalue weighted by molar-refractivity contribution is 14.1. The maximum atomic E-state index is 11.0. The van der Waals surface area contributed by atoms with E-state index in [0.29, 0.717) is 15.9 Å². The number of hydrogen-bond acceptors (Lipinski definition) is 6. The van der Waals surface area contributed by atoms with Crippen LogP contribution in [0.15, 0.2) is 0 Å². The summed E-state index contributed by atoms with van der Waals surface area (Å²) < 4.78 is 33.5. The number of carboxylic acid groups (broad SMARTS) is 1. The van der Waals surface area contributed by atoms with E-state index >= 15 is 0 Å². The minimum atomic E-state index is -3.62. The summed E-state index contributed by atoms with van der Waals surface area (Å²) in [6.07, 6.45) is 0.918. The van der Waals surface area contributed by atoms with Crippen molar-refractivity contribution in [2.45, 2.75) is 20.1 Å². The minimum Gasteiger partial charge on any atom is -0.480 e. The van der Waals surface area contributed by atoms with Crippen LogP contribution in [-0.4, -0.2) is 42.1 Å². The molecule has 0 fully saturated rings. The molecule has 1 N–H and O–H groups in total. The Morgan fingerprint density at radius 2 is 2.16 bits per heavy atom. The van der Waals surface area contributed by atoms with E-state index in [0.717, 1.165) is 10.9 Å². The number of carboxylic acids is 1. The van der Waals surface area contributed by atoms with Crippen molar-refractivity contribution < 1.29 is 27.2 Å². The smallest absolute Gasteiger partial charge is 0.325 e. The van der Waals surface area contributed by atoms with Gasteiger partial charge < -0.3 is 9.84 Å². The molecule has 0 aliphatic rings. The highest BCUT2D eigenvalue weighted by Crippen LogP contribution is 2.24. The lowest BCUT2D eigenvalue weighted by molar-refractivity contribution is -0.137. The number of carbonyl (C=O) groups is 1. The first kappa shape index (κ1) is 16.2. The quantitative estimate of drug-likeness (QED) is 0.519. The number of hydrogen-bond donors (Lipinski definition) is 1. The van der Waals surface area contributed by atoms with Gasteiger partial charge >= 0.3 is 5.97 Å². The van der Waals surface area contributed by atoms with Crippen LogP contribution in [-0.2, 0) is 32.2 Å². The van der Waals surface area contributed by atoms with Gasteiger partial charge in [0.15, 0.2) is 0 Å². The van der Waals surface area contributed by atoms with Crippen molar-refractivity contribution in [2.24, 2.45) is 0 Å². The molecule has 108 valence electrons. The Balaban J connectivity index is 3.06. The first-order chi connectivity index (χ1) is 8.74. The minimum absolute atomic E-state index is 0.261. The third-order valence-corrected chi connectivity index (χ3v) is 3.57. The zero-order chi connectivity index (χ0) is 14.6. The van der Waals surface area contributed by atoms with Crippen LogP contribution >= 0.6 is 22.6 Å². The number of aliphatic carboxylic acids is 1. The number of nitrogens with zero attached hydrogens (tertiary/aromatic N) is 2. The fourth-order valence-corrected chi connectivity index (χ4v) is 2.26. The Labute approximate surface area is 124 Å². The number of halogens is 1. The van der Waals surface area contributed by atoms with Gasteiger partial charge in [0, 0.05) is 0 Å². The summed E-state index contributed by atoms with van der Waals surface area (Å²) in [5.74, 6) is -0.834. The molecule has 0 bridgehead atoms. The Kier molecular flexibility index (Phi) is 5.55. The highest BCUT2D eigenvalue weighted by Gasteiger charge is 2.20. The van der Waals surface area contributed by atoms with Crippen molar-refractivity contribution >= 4 is 38.7 Å². The summed E-state index contributed by atoms with van der Waals surface area (Å²) in [5, 5.41) is 12.8. The molecule has 0 unspecified atom stereocenters. The van der Waals surface area contributed by atoms with Crippen LogP contribution in [0.3, 0.4) is 0 Å². The van der Waals surface area contributed by atoms with E-state index in [4.69, 9.17) is 9.84 Å². The average Bonchev–Trinajstić information content (AvgIpc) is 2.52. The van der Waals surface area contributed by atoms with Crippen molar-refractivity contribution in [3.63, 3.8) is 0 Å². The van der Waals surface area contributed by atoms with Gasteiger partial charge in [0.25, 0.3) is 10.1 Å². The fraction of sp³-hybridized carbons (Fsp3) is 0.556. The third-order valence-electron chi connectivity index (χ3n) is 1.94. The van der Waals surface area contributed by atoms with Gasteiger partial charge in [-0.25, -0.2) is 0 Å². The van der Waals surface area contributed by atoms with Crippen LogP contribution in [0.5, 0.6) is 5.88 Å². The summed E-state index contributed by atoms with van der Waals surface area (Å²) >= 11 is 1.91. The summed E-state index contributed by atoms with van der Waals surface area (Å²) in [7, 11) is -3.62. The van der Waals surface area contributed by atoms with E-state index in [1.54, 1.807) is 6.92 Å². The molecule has 0 aliphatic carbocycles. The summed E-state index contributed by atoms with van der Waals surface area (Å²) in [6, 6.07) is 0. The Morgan fingerprint density at radius 3 is 2.63 bits per heavy atom. The highest BCUT2D eigenvalue weighted by atomic mass is 127. The Hall–Kier alpha value is -0.880. The second-order valence-corrected chi connectivity index (χ2v) is 6.24. The van der Waals surface area contributed by atoms with Crippen molar-refractivity contribution in [2.75, 3.05) is 12.9 Å². The maximum absolute atomic E-state index is 11.0. The third kappa shape index (κ3) is 4.95. The predicted molar refractivity (Wildman–Crippen MR) is 73.4 cm³/mol. The molecule has 10 heteroatoms. The first-order valence-electron chi connectivity index (χ1n) is 5.18. The summed E-state index contributed by atoms with van der Waals surface area (Å²) in [6.45, 7) is 1.45. The molecule has 1 aromatic rings. The molecule has 1 rings (SSSR count). The van der Waals surface area contributed by atoms with Gasteiger partial charge in [-0.05, 0) is 29.5 Å². The molecule has 0 saturated carbocycles. The molecule has 0 radical (unpaired) electrons. The van der Waals surface area contributed by atoms with Crippen molar-refractivity contribution in [1.29, 1.82) is 0 Å². The number of ether oxygens (including phenoxy) is 1. The van der Waals surface area contributed by atoms with Crippen LogP contribution in [0.1, 0.15) is 12.6 Å². The molecule has 8 nitrogen and oxygen atoms in total. The van der Waals surface area contributed by atoms with E-state index in [1.165, 1.54) is 0 Å². The second-order valence-electron chi connectivity index (χ2n) is 3.52. The normalized spacial score (nSPS) is 11.5. The van der Waals surface area contributed by atoms with Gasteiger partial charge in [0.2, 0.25) is 5.88 Å². The lowest BCUT2D eigenvalue weighted by atomic mass is 10.4. The van der Waals surface area contributed by atoms with E-state index in [1.807, 2.05) is 22.6 Å². The molecule has 0 atom stereocenters. The van der Waals surface area contributed by atoms with Crippen molar-refractivity contribution in [3.05, 3.63) is 9.26 Å². The number of rotatable bonds is 7. The standard InChI is InChI=1S/C9H13IN2O6S/c1-3-17-9-8(10)6(5-18-19(2,15)16)12(11-9)4-7(13)14/h3-5H2,1-2H3,(H,13,14). The van der Waals surface area contributed by atoms with E-state index < -0.39 is 22.6 Å². The maximum Gasteiger partial charge on any atom is 0.325 e. The van der Waals surface area contributed by atoms with E-state index in [2.05, 4.69) is 9.28 Å². The second kappa shape index (κ2) is 6.52. The molecule has 0 aromatic carbocycles. The fourth-order valence-electron chi connectivity index (χ4n) is 1.24. The van der Waals surface area contributed by atoms with Crippen LogP contribution in [0.4, 0.5) is 0 Å². The zero-order valence-corrected chi connectivity index (χ0v) is 13.3. The molecular weight excluding hydrogens is 391 g/mol. The Bertz CT molecular complexity index is 568. The van der Waals surface area contributed by atoms with Gasteiger partial charge in [0.1, 0.15) is 16.7 Å². The SMILES string of the molecule is CCOc1nn(CC(=O)O)c(COS(C)(=O)=O)c1I. The van der Waals surface area contributed by atoms with Crippen molar-refractivity contribution in [3.8, 4) is 5.88 Å². The molecule has 0 amide bonds. The van der Waals surface area contributed by atoms with Gasteiger partial charge in [-0.2, -0.15) is 8.42 Å². The van der Waals surface area contributed by atoms with Gasteiger partial charge in [-0.15, -0.1) is 5.10 Å². The molecule has 1 heterocycles. The first-order valence-corrected chi connectivity index (χ1v) is 8.08. The number of aromatic nitrogens is 2. The molecular formula is C9H13IN2O6S. The van der Waals surface area contributed by atoms with Gasteiger partial charge in [-0.1, -0.05) is 0 Å². The molecule has 1 aromatic heterocycles. The lowest BCUT2D eigenvalue weighted by Crippen LogP contribution is -2.15. The zero-order valence-electron chi connectivity index (χ0n) is 10.3. The van der Waals surface area contributed by atoms with Crippen LogP contribution in [0.2, 0.25) is 0 Å².